The van der Waals surface area contributed by atoms with Gasteiger partial charge in [-0.05, 0) is 44.0 Å². The van der Waals surface area contributed by atoms with Crippen molar-refractivity contribution >= 4 is 46.5 Å². The molecule has 2 heterocycles. The van der Waals surface area contributed by atoms with Crippen molar-refractivity contribution in [2.45, 2.75) is 26.2 Å². The van der Waals surface area contributed by atoms with E-state index >= 15 is 0 Å². The van der Waals surface area contributed by atoms with Crippen molar-refractivity contribution in [3.05, 3.63) is 80.9 Å². The highest BCUT2D eigenvalue weighted by Crippen LogP contribution is 2.30. The van der Waals surface area contributed by atoms with E-state index in [0.29, 0.717) is 51.3 Å². The molecule has 1 aromatic carbocycles. The molecule has 0 radical (unpaired) electrons. The largest absolute Gasteiger partial charge is 0.455 e. The third-order valence-electron chi connectivity index (χ3n) is 4.91. The van der Waals surface area contributed by atoms with Crippen molar-refractivity contribution in [2.75, 3.05) is 5.32 Å². The monoisotopic (exact) mass is 456 g/mol. The molecular formula is C22H18Cl2N4O3. The quantitative estimate of drug-likeness (QED) is 0.538. The van der Waals surface area contributed by atoms with E-state index in [4.69, 9.17) is 27.6 Å². The molecule has 158 valence electrons. The van der Waals surface area contributed by atoms with Gasteiger partial charge < -0.3 is 9.73 Å². The molecule has 0 saturated heterocycles. The van der Waals surface area contributed by atoms with E-state index in [9.17, 15) is 9.59 Å². The molecule has 1 aliphatic carbocycles. The fourth-order valence-corrected chi connectivity index (χ4v) is 3.78. The molecule has 2 amide bonds. The lowest BCUT2D eigenvalue weighted by Gasteiger charge is -2.13. The Morgan fingerprint density at radius 1 is 1.10 bits per heavy atom. The minimum absolute atomic E-state index is 0.189. The van der Waals surface area contributed by atoms with Crippen LogP contribution in [-0.4, -0.2) is 22.5 Å². The summed E-state index contributed by atoms with van der Waals surface area (Å²) in [7, 11) is 0. The summed E-state index contributed by atoms with van der Waals surface area (Å²) in [5.74, 6) is 0.404. The van der Waals surface area contributed by atoms with E-state index < -0.39 is 11.8 Å². The third-order valence-corrected chi connectivity index (χ3v) is 5.46. The zero-order valence-electron chi connectivity index (χ0n) is 16.5. The standard InChI is InChI=1S/C22H18Cl2N4O3/c1-12-19-16(27-28-21(29)14-5-2-3-6-15(14)24)7-4-8-17(19)31-20(12)22(30)26-18-10-9-13(23)11-25-18/h2-3,5-6,9-11H,4,7-8H2,1H3,(H,28,29)(H,25,26,30)/b27-16+. The van der Waals surface area contributed by atoms with Gasteiger partial charge in [0.1, 0.15) is 11.6 Å². The van der Waals surface area contributed by atoms with Crippen molar-refractivity contribution in [2.24, 2.45) is 5.10 Å². The van der Waals surface area contributed by atoms with Crippen LogP contribution in [0.1, 0.15) is 50.6 Å². The molecule has 0 aliphatic heterocycles. The lowest BCUT2D eigenvalue weighted by molar-refractivity contribution is 0.0953. The van der Waals surface area contributed by atoms with Gasteiger partial charge in [0, 0.05) is 23.7 Å². The highest BCUT2D eigenvalue weighted by molar-refractivity contribution is 6.33. The van der Waals surface area contributed by atoms with Crippen molar-refractivity contribution in [3.63, 3.8) is 0 Å². The lowest BCUT2D eigenvalue weighted by Crippen LogP contribution is -2.22. The molecule has 4 rings (SSSR count). The highest BCUT2D eigenvalue weighted by atomic mass is 35.5. The third kappa shape index (κ3) is 4.47. The van der Waals surface area contributed by atoms with Gasteiger partial charge in [-0.3, -0.25) is 9.59 Å². The van der Waals surface area contributed by atoms with Gasteiger partial charge in [0.2, 0.25) is 0 Å². The molecule has 2 N–H and O–H groups in total. The van der Waals surface area contributed by atoms with Crippen LogP contribution in [0.2, 0.25) is 10.0 Å². The van der Waals surface area contributed by atoms with Gasteiger partial charge in [-0.15, -0.1) is 0 Å². The number of furan rings is 1. The topological polar surface area (TPSA) is 96.6 Å². The maximum absolute atomic E-state index is 12.7. The number of amides is 2. The predicted molar refractivity (Wildman–Crippen MR) is 119 cm³/mol. The highest BCUT2D eigenvalue weighted by Gasteiger charge is 2.28. The minimum atomic E-state index is -0.416. The zero-order valence-corrected chi connectivity index (χ0v) is 18.0. The Morgan fingerprint density at radius 2 is 1.90 bits per heavy atom. The number of carbonyl (C=O) groups is 2. The number of carbonyl (C=O) groups excluding carboxylic acids is 2. The molecule has 0 bridgehead atoms. The number of aryl methyl sites for hydroxylation is 1. The van der Waals surface area contributed by atoms with Gasteiger partial charge in [-0.1, -0.05) is 35.3 Å². The van der Waals surface area contributed by atoms with Crippen LogP contribution in [0.25, 0.3) is 0 Å². The molecule has 0 atom stereocenters. The fraction of sp³-hybridized carbons (Fsp3) is 0.182. The summed E-state index contributed by atoms with van der Waals surface area (Å²) >= 11 is 11.9. The molecule has 0 saturated carbocycles. The summed E-state index contributed by atoms with van der Waals surface area (Å²) in [4.78, 5) is 29.2. The van der Waals surface area contributed by atoms with Crippen LogP contribution in [0.5, 0.6) is 0 Å². The van der Waals surface area contributed by atoms with Gasteiger partial charge in [0.15, 0.2) is 5.76 Å². The van der Waals surface area contributed by atoms with E-state index in [1.165, 1.54) is 6.20 Å². The van der Waals surface area contributed by atoms with Crippen LogP contribution in [0.3, 0.4) is 0 Å². The van der Waals surface area contributed by atoms with Crippen molar-refractivity contribution < 1.29 is 14.0 Å². The molecule has 0 unspecified atom stereocenters. The Bertz CT molecular complexity index is 1190. The second-order valence-electron chi connectivity index (χ2n) is 7.00. The summed E-state index contributed by atoms with van der Waals surface area (Å²) < 4.78 is 5.85. The molecule has 7 nitrogen and oxygen atoms in total. The Balaban J connectivity index is 1.57. The Kier molecular flexibility index (Phi) is 6.06. The van der Waals surface area contributed by atoms with Crippen LogP contribution in [0.4, 0.5) is 5.82 Å². The number of nitrogens with zero attached hydrogens (tertiary/aromatic N) is 2. The van der Waals surface area contributed by atoms with E-state index in [1.807, 2.05) is 0 Å². The molecule has 0 fully saturated rings. The summed E-state index contributed by atoms with van der Waals surface area (Å²) in [5.41, 5.74) is 4.97. The second kappa shape index (κ2) is 8.91. The number of aromatic nitrogens is 1. The first-order valence-electron chi connectivity index (χ1n) is 9.61. The number of benzene rings is 1. The van der Waals surface area contributed by atoms with Crippen molar-refractivity contribution in [1.82, 2.24) is 10.4 Å². The lowest BCUT2D eigenvalue weighted by atomic mass is 9.93. The van der Waals surface area contributed by atoms with Gasteiger partial charge in [0.05, 0.1) is 21.3 Å². The number of rotatable bonds is 4. The normalized spacial score (nSPS) is 14.2. The summed E-state index contributed by atoms with van der Waals surface area (Å²) in [6.07, 6.45) is 3.57. The Morgan fingerprint density at radius 3 is 2.65 bits per heavy atom. The number of pyridine rings is 1. The smallest absolute Gasteiger partial charge is 0.292 e. The van der Waals surface area contributed by atoms with E-state index in [1.54, 1.807) is 43.3 Å². The summed E-state index contributed by atoms with van der Waals surface area (Å²) in [5, 5.41) is 7.83. The van der Waals surface area contributed by atoms with Crippen LogP contribution < -0.4 is 10.7 Å². The first-order chi connectivity index (χ1) is 14.9. The number of hydrazone groups is 1. The van der Waals surface area contributed by atoms with E-state index in [2.05, 4.69) is 20.8 Å². The van der Waals surface area contributed by atoms with Crippen LogP contribution in [0, 0.1) is 6.92 Å². The van der Waals surface area contributed by atoms with Gasteiger partial charge in [-0.25, -0.2) is 10.4 Å². The molecule has 31 heavy (non-hydrogen) atoms. The maximum Gasteiger partial charge on any atom is 0.292 e. The van der Waals surface area contributed by atoms with Crippen LogP contribution >= 0.6 is 23.2 Å². The van der Waals surface area contributed by atoms with Gasteiger partial charge >= 0.3 is 0 Å². The Hall–Kier alpha value is -3.16. The molecule has 1 aliphatic rings. The zero-order chi connectivity index (χ0) is 22.0. The number of hydrogen-bond acceptors (Lipinski definition) is 5. The summed E-state index contributed by atoms with van der Waals surface area (Å²) in [6.45, 7) is 1.79. The van der Waals surface area contributed by atoms with E-state index in [0.717, 1.165) is 12.0 Å². The number of hydrogen-bond donors (Lipinski definition) is 2. The number of halogens is 2. The second-order valence-corrected chi connectivity index (χ2v) is 7.85. The maximum atomic E-state index is 12.7. The van der Waals surface area contributed by atoms with Crippen LogP contribution in [0.15, 0.2) is 52.1 Å². The molecule has 0 spiro atoms. The van der Waals surface area contributed by atoms with E-state index in [-0.39, 0.29) is 5.76 Å². The first-order valence-corrected chi connectivity index (χ1v) is 10.4. The van der Waals surface area contributed by atoms with Crippen LogP contribution in [-0.2, 0) is 6.42 Å². The SMILES string of the molecule is Cc1c(C(=O)Nc2ccc(Cl)cn2)oc2c1/C(=N/NC(=O)c1ccccc1Cl)CCC2. The van der Waals surface area contributed by atoms with Crippen molar-refractivity contribution in [1.29, 1.82) is 0 Å². The predicted octanol–water partition coefficient (Wildman–Crippen LogP) is 5.01. The average Bonchev–Trinajstić information content (AvgIpc) is 3.11. The van der Waals surface area contributed by atoms with Crippen molar-refractivity contribution in [3.8, 4) is 0 Å². The molecule has 3 aromatic rings. The molecular weight excluding hydrogens is 439 g/mol. The summed E-state index contributed by atoms with van der Waals surface area (Å²) in [6, 6.07) is 9.99. The minimum Gasteiger partial charge on any atom is -0.455 e. The number of nitrogens with one attached hydrogen (secondary N) is 2. The van der Waals surface area contributed by atoms with Gasteiger partial charge in [-0.2, -0.15) is 5.10 Å². The number of anilines is 1. The Labute approximate surface area is 188 Å². The number of fused-ring (bicyclic) bond motifs is 1. The average molecular weight is 457 g/mol. The fourth-order valence-electron chi connectivity index (χ4n) is 3.44. The molecule has 9 heteroatoms. The molecule has 2 aromatic heterocycles. The first kappa shape index (κ1) is 21.1. The van der Waals surface area contributed by atoms with Gasteiger partial charge in [0.25, 0.3) is 11.8 Å².